The minimum absolute atomic E-state index is 0.0129. The number of carbonyl (C=O) groups excluding carboxylic acids is 1. The number of hydrogen-bond donors (Lipinski definition) is 1. The zero-order valence-electron chi connectivity index (χ0n) is 10.9. The summed E-state index contributed by atoms with van der Waals surface area (Å²) in [4.78, 5) is 22.3. The molecule has 0 aliphatic carbocycles. The predicted octanol–water partition coefficient (Wildman–Crippen LogP) is 2.40. The molecule has 2 rings (SSSR count). The molecule has 1 N–H and O–H groups in total. The first kappa shape index (κ1) is 14.2. The quantitative estimate of drug-likeness (QED) is 0.687. The highest BCUT2D eigenvalue weighted by atomic mass is 16.6. The van der Waals surface area contributed by atoms with Crippen molar-refractivity contribution in [2.24, 2.45) is 0 Å². The minimum Gasteiger partial charge on any atom is -0.348 e. The van der Waals surface area contributed by atoms with Gasteiger partial charge in [-0.25, -0.2) is 0 Å². The van der Waals surface area contributed by atoms with Crippen molar-refractivity contribution in [3.63, 3.8) is 0 Å². The van der Waals surface area contributed by atoms with Crippen molar-refractivity contribution in [3.05, 3.63) is 75.3 Å². The van der Waals surface area contributed by atoms with Crippen LogP contribution < -0.4 is 5.32 Å². The van der Waals surface area contributed by atoms with Gasteiger partial charge in [0, 0.05) is 12.6 Å². The zero-order valence-corrected chi connectivity index (χ0v) is 10.9. The van der Waals surface area contributed by atoms with Crippen molar-refractivity contribution >= 4 is 11.6 Å². The van der Waals surface area contributed by atoms with E-state index in [2.05, 4.69) is 5.32 Å². The third kappa shape index (κ3) is 3.42. The Bertz CT molecular complexity index is 735. The second kappa shape index (κ2) is 6.30. The summed E-state index contributed by atoms with van der Waals surface area (Å²) in [5.41, 5.74) is 1.02. The Kier molecular flexibility index (Phi) is 4.26. The van der Waals surface area contributed by atoms with Gasteiger partial charge in [0.05, 0.1) is 16.6 Å². The molecule has 0 aliphatic rings. The molecule has 104 valence electrons. The Labute approximate surface area is 120 Å². The Balaban J connectivity index is 2.12. The van der Waals surface area contributed by atoms with E-state index in [9.17, 15) is 14.9 Å². The van der Waals surface area contributed by atoms with E-state index in [4.69, 9.17) is 5.26 Å². The van der Waals surface area contributed by atoms with Gasteiger partial charge in [-0.15, -0.1) is 0 Å². The van der Waals surface area contributed by atoms with Gasteiger partial charge in [0.25, 0.3) is 11.6 Å². The van der Waals surface area contributed by atoms with Gasteiger partial charge in [-0.2, -0.15) is 5.26 Å². The molecule has 0 atom stereocenters. The second-order valence-electron chi connectivity index (χ2n) is 4.27. The molecule has 0 fully saturated rings. The average molecular weight is 281 g/mol. The Morgan fingerprint density at radius 3 is 2.71 bits per heavy atom. The average Bonchev–Trinajstić information content (AvgIpc) is 2.52. The van der Waals surface area contributed by atoms with Crippen LogP contribution in [0.4, 0.5) is 5.69 Å². The van der Waals surface area contributed by atoms with Gasteiger partial charge < -0.3 is 5.32 Å². The summed E-state index contributed by atoms with van der Waals surface area (Å²) in [6.07, 6.45) is 0. The summed E-state index contributed by atoms with van der Waals surface area (Å²) in [5, 5.41) is 22.3. The summed E-state index contributed by atoms with van der Waals surface area (Å²) in [6, 6.07) is 14.6. The molecule has 2 aromatic carbocycles. The summed E-state index contributed by atoms with van der Waals surface area (Å²) < 4.78 is 0. The van der Waals surface area contributed by atoms with E-state index < -0.39 is 10.8 Å². The number of nitro benzene ring substituents is 1. The molecule has 0 saturated carbocycles. The van der Waals surface area contributed by atoms with Gasteiger partial charge in [0.1, 0.15) is 5.56 Å². The summed E-state index contributed by atoms with van der Waals surface area (Å²) in [6.45, 7) is 0.195. The molecular weight excluding hydrogens is 270 g/mol. The van der Waals surface area contributed by atoms with Crippen molar-refractivity contribution < 1.29 is 9.72 Å². The lowest BCUT2D eigenvalue weighted by Crippen LogP contribution is -2.23. The first-order chi connectivity index (χ1) is 10.1. The van der Waals surface area contributed by atoms with Crippen LogP contribution in [0.25, 0.3) is 0 Å². The fourth-order valence-electron chi connectivity index (χ4n) is 1.85. The molecule has 0 aromatic heterocycles. The normalized spacial score (nSPS) is 9.67. The van der Waals surface area contributed by atoms with Crippen molar-refractivity contribution in [2.45, 2.75) is 6.54 Å². The lowest BCUT2D eigenvalue weighted by Gasteiger charge is -2.06. The van der Waals surface area contributed by atoms with Gasteiger partial charge >= 0.3 is 0 Å². The van der Waals surface area contributed by atoms with Crippen LogP contribution >= 0.6 is 0 Å². The third-order valence-corrected chi connectivity index (χ3v) is 2.85. The standard InChI is InChI=1S/C15H11N3O3/c16-9-11-4-3-5-12(8-11)10-17-15(19)13-6-1-2-7-14(13)18(20)21/h1-8H,10H2,(H,17,19). The number of nitrogens with zero attached hydrogens (tertiary/aromatic N) is 2. The number of hydrogen-bond acceptors (Lipinski definition) is 4. The Morgan fingerprint density at radius 1 is 1.24 bits per heavy atom. The van der Waals surface area contributed by atoms with Gasteiger partial charge in [0.2, 0.25) is 0 Å². The molecule has 0 bridgehead atoms. The molecule has 1 amide bonds. The second-order valence-corrected chi connectivity index (χ2v) is 4.27. The van der Waals surface area contributed by atoms with Gasteiger partial charge in [-0.05, 0) is 23.8 Å². The predicted molar refractivity (Wildman–Crippen MR) is 75.4 cm³/mol. The van der Waals surface area contributed by atoms with E-state index in [0.717, 1.165) is 5.56 Å². The lowest BCUT2D eigenvalue weighted by molar-refractivity contribution is -0.385. The van der Waals surface area contributed by atoms with Crippen LogP contribution in [-0.4, -0.2) is 10.8 Å². The molecule has 6 nitrogen and oxygen atoms in total. The summed E-state index contributed by atoms with van der Waals surface area (Å²) in [7, 11) is 0. The number of benzene rings is 2. The van der Waals surface area contributed by atoms with Gasteiger partial charge in [0.15, 0.2) is 0 Å². The van der Waals surface area contributed by atoms with E-state index >= 15 is 0 Å². The lowest BCUT2D eigenvalue weighted by atomic mass is 10.1. The van der Waals surface area contributed by atoms with E-state index in [-0.39, 0.29) is 17.8 Å². The first-order valence-electron chi connectivity index (χ1n) is 6.12. The number of carbonyl (C=O) groups is 1. The molecule has 0 radical (unpaired) electrons. The van der Waals surface area contributed by atoms with E-state index in [1.807, 2.05) is 6.07 Å². The number of rotatable bonds is 4. The number of nitro groups is 1. The van der Waals surface area contributed by atoms with Crippen molar-refractivity contribution in [1.82, 2.24) is 5.32 Å². The van der Waals surface area contributed by atoms with Crippen LogP contribution in [0.15, 0.2) is 48.5 Å². The number of nitriles is 1. The highest BCUT2D eigenvalue weighted by Crippen LogP contribution is 2.17. The molecule has 6 heteroatoms. The first-order valence-corrected chi connectivity index (χ1v) is 6.12. The molecule has 2 aromatic rings. The van der Waals surface area contributed by atoms with Crippen LogP contribution in [0, 0.1) is 21.4 Å². The number of amides is 1. The fourth-order valence-corrected chi connectivity index (χ4v) is 1.85. The van der Waals surface area contributed by atoms with Gasteiger partial charge in [-0.1, -0.05) is 24.3 Å². The van der Waals surface area contributed by atoms with Crippen molar-refractivity contribution in [2.75, 3.05) is 0 Å². The topological polar surface area (TPSA) is 96.0 Å². The SMILES string of the molecule is N#Cc1cccc(CNC(=O)c2ccccc2[N+](=O)[O-])c1. The molecular formula is C15H11N3O3. The molecule has 0 saturated heterocycles. The highest BCUT2D eigenvalue weighted by molar-refractivity contribution is 5.98. The van der Waals surface area contributed by atoms with E-state index in [1.54, 1.807) is 30.3 Å². The highest BCUT2D eigenvalue weighted by Gasteiger charge is 2.18. The van der Waals surface area contributed by atoms with Crippen LogP contribution in [0.3, 0.4) is 0 Å². The Hall–Kier alpha value is -3.20. The molecule has 0 heterocycles. The van der Waals surface area contributed by atoms with Crippen LogP contribution in [0.5, 0.6) is 0 Å². The van der Waals surface area contributed by atoms with Crippen LogP contribution in [-0.2, 0) is 6.54 Å². The number of nitrogens with one attached hydrogen (secondary N) is 1. The van der Waals surface area contributed by atoms with E-state index in [0.29, 0.717) is 5.56 Å². The molecule has 21 heavy (non-hydrogen) atoms. The summed E-state index contributed by atoms with van der Waals surface area (Å²) >= 11 is 0. The third-order valence-electron chi connectivity index (χ3n) is 2.85. The minimum atomic E-state index is -0.592. The zero-order chi connectivity index (χ0) is 15.2. The maximum atomic E-state index is 12.0. The maximum absolute atomic E-state index is 12.0. The van der Waals surface area contributed by atoms with Crippen LogP contribution in [0.2, 0.25) is 0 Å². The number of para-hydroxylation sites is 1. The molecule has 0 aliphatic heterocycles. The summed E-state index contributed by atoms with van der Waals surface area (Å²) in [5.74, 6) is -0.523. The maximum Gasteiger partial charge on any atom is 0.282 e. The fraction of sp³-hybridized carbons (Fsp3) is 0.0667. The van der Waals surface area contributed by atoms with Crippen molar-refractivity contribution in [3.8, 4) is 6.07 Å². The molecule has 0 spiro atoms. The Morgan fingerprint density at radius 2 is 2.00 bits per heavy atom. The van der Waals surface area contributed by atoms with Gasteiger partial charge in [-0.3, -0.25) is 14.9 Å². The van der Waals surface area contributed by atoms with Crippen molar-refractivity contribution in [1.29, 1.82) is 5.26 Å². The largest absolute Gasteiger partial charge is 0.348 e. The monoisotopic (exact) mass is 281 g/mol. The molecule has 0 unspecified atom stereocenters. The van der Waals surface area contributed by atoms with Crippen LogP contribution in [0.1, 0.15) is 21.5 Å². The van der Waals surface area contributed by atoms with E-state index in [1.165, 1.54) is 18.2 Å². The smallest absolute Gasteiger partial charge is 0.282 e.